The molecule has 1 aromatic rings. The lowest BCUT2D eigenvalue weighted by Gasteiger charge is -2.24. The Morgan fingerprint density at radius 3 is 2.62 bits per heavy atom. The lowest BCUT2D eigenvalue weighted by molar-refractivity contribution is -0.119. The average Bonchev–Trinajstić information content (AvgIpc) is 2.15. The molecule has 1 aliphatic heterocycles. The minimum absolute atomic E-state index is 0.00935. The Morgan fingerprint density at radius 2 is 2.00 bits per heavy atom. The van der Waals surface area contributed by atoms with Gasteiger partial charge >= 0.3 is 0 Å². The van der Waals surface area contributed by atoms with E-state index in [9.17, 15) is 18.3 Å². The number of carbonyl (C=O) groups is 1. The molecule has 16 heavy (non-hydrogen) atoms. The minimum atomic E-state index is -3.37. The average molecular weight is 241 g/mol. The number of rotatable bonds is 1. The van der Waals surface area contributed by atoms with Crippen LogP contribution in [0.5, 0.6) is 5.75 Å². The van der Waals surface area contributed by atoms with E-state index in [4.69, 9.17) is 0 Å². The molecule has 0 bridgehead atoms. The summed E-state index contributed by atoms with van der Waals surface area (Å²) in [4.78, 5) is 11.2. The Labute approximate surface area is 93.0 Å². The van der Waals surface area contributed by atoms with Gasteiger partial charge in [-0.3, -0.25) is 4.79 Å². The minimum Gasteiger partial charge on any atom is -0.508 e. The van der Waals surface area contributed by atoms with Crippen molar-refractivity contribution in [3.63, 3.8) is 0 Å². The van der Waals surface area contributed by atoms with Crippen LogP contribution in [0, 0.1) is 0 Å². The summed E-state index contributed by atoms with van der Waals surface area (Å²) in [5, 5.41) is 12.1. The van der Waals surface area contributed by atoms with Crippen molar-refractivity contribution in [1.82, 2.24) is 5.32 Å². The van der Waals surface area contributed by atoms with Gasteiger partial charge in [-0.1, -0.05) is 18.2 Å². The Hall–Kier alpha value is -1.56. The highest BCUT2D eigenvalue weighted by atomic mass is 32.2. The lowest BCUT2D eigenvalue weighted by atomic mass is 10.1. The third-order valence-corrected chi connectivity index (χ3v) is 3.96. The monoisotopic (exact) mass is 241 g/mol. The normalized spacial score (nSPS) is 23.8. The van der Waals surface area contributed by atoms with Crippen LogP contribution < -0.4 is 5.32 Å². The molecule has 2 rings (SSSR count). The zero-order valence-corrected chi connectivity index (χ0v) is 9.20. The number of benzene rings is 1. The number of nitrogens with one attached hydrogen (secondary N) is 1. The standard InChI is InChI=1S/C10H11NO4S/c12-9-4-2-1-3-7(9)8-5-16(14,15)6-10(13)11-8/h1-4,8,12H,5-6H2,(H,11,13). The van der Waals surface area contributed by atoms with Gasteiger partial charge in [-0.15, -0.1) is 0 Å². The summed E-state index contributed by atoms with van der Waals surface area (Å²) in [6, 6.07) is 5.72. The maximum atomic E-state index is 11.4. The van der Waals surface area contributed by atoms with E-state index in [1.54, 1.807) is 18.2 Å². The molecule has 1 saturated heterocycles. The first-order valence-electron chi connectivity index (χ1n) is 4.75. The SMILES string of the molecule is O=C1CS(=O)(=O)CC(c2ccccc2O)N1. The van der Waals surface area contributed by atoms with E-state index in [2.05, 4.69) is 5.32 Å². The zero-order valence-electron chi connectivity index (χ0n) is 8.38. The first kappa shape index (κ1) is 10.9. The third-order valence-electron chi connectivity index (χ3n) is 2.42. The molecule has 0 spiro atoms. The van der Waals surface area contributed by atoms with Crippen LogP contribution in [0.4, 0.5) is 0 Å². The summed E-state index contributed by atoms with van der Waals surface area (Å²) >= 11 is 0. The van der Waals surface area contributed by atoms with Crippen LogP contribution in [0.1, 0.15) is 11.6 Å². The van der Waals surface area contributed by atoms with Crippen LogP contribution in [0.15, 0.2) is 24.3 Å². The maximum absolute atomic E-state index is 11.4. The second-order valence-electron chi connectivity index (χ2n) is 3.73. The summed E-state index contributed by atoms with van der Waals surface area (Å²) in [7, 11) is -3.37. The van der Waals surface area contributed by atoms with E-state index >= 15 is 0 Å². The van der Waals surface area contributed by atoms with E-state index < -0.39 is 27.5 Å². The van der Waals surface area contributed by atoms with Crippen molar-refractivity contribution < 1.29 is 18.3 Å². The molecule has 1 aliphatic rings. The van der Waals surface area contributed by atoms with Gasteiger partial charge in [0.05, 0.1) is 11.8 Å². The fourth-order valence-corrected chi connectivity index (χ4v) is 3.11. The summed E-state index contributed by atoms with van der Waals surface area (Å²) in [5.74, 6) is -1.18. The Morgan fingerprint density at radius 1 is 1.31 bits per heavy atom. The topological polar surface area (TPSA) is 83.5 Å². The number of amides is 1. The second-order valence-corrected chi connectivity index (χ2v) is 5.84. The van der Waals surface area contributed by atoms with Crippen molar-refractivity contribution >= 4 is 15.7 Å². The summed E-state index contributed by atoms with van der Waals surface area (Å²) in [6.07, 6.45) is 0. The molecule has 5 nitrogen and oxygen atoms in total. The predicted octanol–water partition coefficient (Wildman–Crippen LogP) is -0.0221. The molecule has 1 amide bonds. The second kappa shape index (κ2) is 3.79. The molecule has 6 heteroatoms. The van der Waals surface area contributed by atoms with Crippen molar-refractivity contribution in [2.75, 3.05) is 11.5 Å². The molecule has 1 aromatic carbocycles. The maximum Gasteiger partial charge on any atom is 0.235 e. The quantitative estimate of drug-likeness (QED) is 0.723. The van der Waals surface area contributed by atoms with Gasteiger partial charge in [0.15, 0.2) is 9.84 Å². The first-order chi connectivity index (χ1) is 7.48. The molecule has 1 fully saturated rings. The molecule has 0 radical (unpaired) electrons. The fourth-order valence-electron chi connectivity index (χ4n) is 1.74. The molecular weight excluding hydrogens is 230 g/mol. The van der Waals surface area contributed by atoms with Crippen molar-refractivity contribution in [1.29, 1.82) is 0 Å². The van der Waals surface area contributed by atoms with Crippen LogP contribution in [-0.4, -0.2) is 30.9 Å². The number of aromatic hydroxyl groups is 1. The number of hydrogen-bond acceptors (Lipinski definition) is 4. The molecule has 0 saturated carbocycles. The highest BCUT2D eigenvalue weighted by Gasteiger charge is 2.31. The molecule has 1 heterocycles. The molecule has 1 unspecified atom stereocenters. The van der Waals surface area contributed by atoms with Crippen LogP contribution in [0.25, 0.3) is 0 Å². The highest BCUT2D eigenvalue weighted by Crippen LogP contribution is 2.26. The summed E-state index contributed by atoms with van der Waals surface area (Å²) in [6.45, 7) is 0. The van der Waals surface area contributed by atoms with E-state index in [1.165, 1.54) is 6.07 Å². The zero-order chi connectivity index (χ0) is 11.8. The lowest BCUT2D eigenvalue weighted by Crippen LogP contribution is -2.43. The predicted molar refractivity (Wildman–Crippen MR) is 57.6 cm³/mol. The van der Waals surface area contributed by atoms with Crippen molar-refractivity contribution in [3.05, 3.63) is 29.8 Å². The van der Waals surface area contributed by atoms with Crippen LogP contribution in [-0.2, 0) is 14.6 Å². The van der Waals surface area contributed by atoms with E-state index in [0.29, 0.717) is 5.56 Å². The van der Waals surface area contributed by atoms with E-state index in [1.807, 2.05) is 0 Å². The van der Waals surface area contributed by atoms with Crippen molar-refractivity contribution in [3.8, 4) is 5.75 Å². The van der Waals surface area contributed by atoms with E-state index in [0.717, 1.165) is 0 Å². The largest absolute Gasteiger partial charge is 0.508 e. The smallest absolute Gasteiger partial charge is 0.235 e. The van der Waals surface area contributed by atoms with Gasteiger partial charge in [0.25, 0.3) is 0 Å². The Kier molecular flexibility index (Phi) is 2.59. The van der Waals surface area contributed by atoms with Gasteiger partial charge in [-0.25, -0.2) is 8.42 Å². The first-order valence-corrected chi connectivity index (χ1v) is 6.58. The highest BCUT2D eigenvalue weighted by molar-refractivity contribution is 7.92. The van der Waals surface area contributed by atoms with Gasteiger partial charge in [0, 0.05) is 5.56 Å². The van der Waals surface area contributed by atoms with Gasteiger partial charge in [0.2, 0.25) is 5.91 Å². The Balaban J connectivity index is 2.35. The summed E-state index contributed by atoms with van der Waals surface area (Å²) in [5.41, 5.74) is 0.430. The number of phenolic OH excluding ortho intramolecular Hbond substituents is 1. The Bertz CT molecular complexity index is 523. The number of carbonyl (C=O) groups excluding carboxylic acids is 1. The van der Waals surface area contributed by atoms with Crippen molar-refractivity contribution in [2.24, 2.45) is 0 Å². The number of para-hydroxylation sites is 1. The van der Waals surface area contributed by atoms with Gasteiger partial charge in [0.1, 0.15) is 11.5 Å². The van der Waals surface area contributed by atoms with Gasteiger partial charge in [-0.2, -0.15) is 0 Å². The molecule has 86 valence electrons. The number of sulfone groups is 1. The molecule has 0 aromatic heterocycles. The van der Waals surface area contributed by atoms with Gasteiger partial charge < -0.3 is 10.4 Å². The van der Waals surface area contributed by atoms with Crippen LogP contribution in [0.3, 0.4) is 0 Å². The number of phenols is 1. The molecule has 1 atom stereocenters. The van der Waals surface area contributed by atoms with Gasteiger partial charge in [-0.05, 0) is 6.07 Å². The van der Waals surface area contributed by atoms with Crippen LogP contribution in [0.2, 0.25) is 0 Å². The summed E-state index contributed by atoms with van der Waals surface area (Å²) < 4.78 is 22.8. The van der Waals surface area contributed by atoms with E-state index in [-0.39, 0.29) is 11.5 Å². The van der Waals surface area contributed by atoms with Crippen molar-refractivity contribution in [2.45, 2.75) is 6.04 Å². The third kappa shape index (κ3) is 2.16. The molecule has 0 aliphatic carbocycles. The fraction of sp³-hybridized carbons (Fsp3) is 0.300. The number of hydrogen-bond donors (Lipinski definition) is 2. The molecular formula is C10H11NO4S. The van der Waals surface area contributed by atoms with Crippen LogP contribution >= 0.6 is 0 Å². The molecule has 2 N–H and O–H groups in total.